The summed E-state index contributed by atoms with van der Waals surface area (Å²) in [6.07, 6.45) is 1.63. The predicted octanol–water partition coefficient (Wildman–Crippen LogP) is 1.18. The van der Waals surface area contributed by atoms with Gasteiger partial charge in [0.1, 0.15) is 0 Å². The van der Waals surface area contributed by atoms with E-state index in [4.69, 9.17) is 5.11 Å². The van der Waals surface area contributed by atoms with Crippen molar-refractivity contribution in [2.24, 2.45) is 5.92 Å². The molecule has 2 rings (SSSR count). The van der Waals surface area contributed by atoms with Crippen LogP contribution in [0.25, 0.3) is 0 Å². The summed E-state index contributed by atoms with van der Waals surface area (Å²) < 4.78 is 0. The molecule has 0 aromatic heterocycles. The molecule has 2 atom stereocenters. The molecule has 0 saturated heterocycles. The number of amides is 1. The van der Waals surface area contributed by atoms with E-state index in [1.54, 1.807) is 12.1 Å². The minimum absolute atomic E-state index is 0.0452. The van der Waals surface area contributed by atoms with Crippen LogP contribution in [0, 0.1) is 12.8 Å². The van der Waals surface area contributed by atoms with Crippen molar-refractivity contribution in [3.63, 3.8) is 0 Å². The Morgan fingerprint density at radius 3 is 2.45 bits per heavy atom. The van der Waals surface area contributed by atoms with E-state index in [0.29, 0.717) is 18.7 Å². The summed E-state index contributed by atoms with van der Waals surface area (Å²) in [5, 5.41) is 14.9. The first-order valence-electron chi connectivity index (χ1n) is 6.89. The molecule has 1 saturated carbocycles. The number of nitrogens with one attached hydrogen (secondary N) is 2. The monoisotopic (exact) mass is 276 g/mol. The molecule has 5 heteroatoms. The van der Waals surface area contributed by atoms with Crippen LogP contribution in [0.2, 0.25) is 0 Å². The van der Waals surface area contributed by atoms with E-state index in [-0.39, 0.29) is 17.9 Å². The molecule has 108 valence electrons. The van der Waals surface area contributed by atoms with Crippen LogP contribution >= 0.6 is 0 Å². The van der Waals surface area contributed by atoms with Crippen LogP contribution in [0.1, 0.15) is 28.8 Å². The lowest BCUT2D eigenvalue weighted by atomic mass is 9.79. The molecule has 0 radical (unpaired) electrons. The van der Waals surface area contributed by atoms with Crippen molar-refractivity contribution in [1.29, 1.82) is 0 Å². The van der Waals surface area contributed by atoms with Gasteiger partial charge in [0.15, 0.2) is 0 Å². The summed E-state index contributed by atoms with van der Waals surface area (Å²) in [5.41, 5.74) is 1.76. The molecular weight excluding hydrogens is 256 g/mol. The van der Waals surface area contributed by atoms with Gasteiger partial charge in [-0.3, -0.25) is 9.59 Å². The van der Waals surface area contributed by atoms with Crippen molar-refractivity contribution in [2.45, 2.75) is 25.8 Å². The van der Waals surface area contributed by atoms with E-state index in [0.717, 1.165) is 18.4 Å². The number of rotatable bonds is 6. The average Bonchev–Trinajstić information content (AvgIpc) is 2.37. The normalized spacial score (nSPS) is 21.1. The Hall–Kier alpha value is -1.88. The van der Waals surface area contributed by atoms with Crippen molar-refractivity contribution in [3.05, 3.63) is 35.4 Å². The first-order chi connectivity index (χ1) is 9.58. The Balaban J connectivity index is 1.67. The van der Waals surface area contributed by atoms with Gasteiger partial charge in [-0.25, -0.2) is 0 Å². The molecule has 0 spiro atoms. The van der Waals surface area contributed by atoms with Gasteiger partial charge in [-0.05, 0) is 31.9 Å². The van der Waals surface area contributed by atoms with Gasteiger partial charge < -0.3 is 15.7 Å². The fourth-order valence-corrected chi connectivity index (χ4v) is 2.28. The second kappa shape index (κ2) is 6.52. The number of hydrogen-bond acceptors (Lipinski definition) is 3. The molecule has 0 heterocycles. The Labute approximate surface area is 118 Å². The van der Waals surface area contributed by atoms with Crippen molar-refractivity contribution in [1.82, 2.24) is 10.6 Å². The maximum absolute atomic E-state index is 11.8. The van der Waals surface area contributed by atoms with Gasteiger partial charge in [0.25, 0.3) is 5.91 Å². The molecule has 2 unspecified atom stereocenters. The molecule has 1 amide bonds. The lowest BCUT2D eigenvalue weighted by Gasteiger charge is -2.34. The molecule has 20 heavy (non-hydrogen) atoms. The number of carboxylic acids is 1. The summed E-state index contributed by atoms with van der Waals surface area (Å²) in [7, 11) is 0. The minimum atomic E-state index is -0.738. The smallest absolute Gasteiger partial charge is 0.308 e. The maximum Gasteiger partial charge on any atom is 0.308 e. The lowest BCUT2D eigenvalue weighted by Crippen LogP contribution is -2.49. The zero-order valence-electron chi connectivity index (χ0n) is 11.6. The summed E-state index contributed by atoms with van der Waals surface area (Å²) in [5.74, 6) is -1.12. The molecule has 1 aromatic rings. The Bertz CT molecular complexity index is 484. The fourth-order valence-electron chi connectivity index (χ4n) is 2.28. The highest BCUT2D eigenvalue weighted by Crippen LogP contribution is 2.27. The Morgan fingerprint density at radius 2 is 1.90 bits per heavy atom. The summed E-state index contributed by atoms with van der Waals surface area (Å²) in [4.78, 5) is 22.7. The van der Waals surface area contributed by atoms with Crippen LogP contribution in [0.3, 0.4) is 0 Å². The number of hydrogen-bond donors (Lipinski definition) is 3. The van der Waals surface area contributed by atoms with E-state index >= 15 is 0 Å². The SMILES string of the molecule is Cc1ccc(C(=O)NCCNC2CCC2C(=O)O)cc1. The van der Waals surface area contributed by atoms with Crippen LogP contribution < -0.4 is 10.6 Å². The number of aryl methyl sites for hydroxylation is 1. The fraction of sp³-hybridized carbons (Fsp3) is 0.467. The lowest BCUT2D eigenvalue weighted by molar-refractivity contribution is -0.146. The molecule has 1 aliphatic rings. The third-order valence-electron chi connectivity index (χ3n) is 3.72. The predicted molar refractivity (Wildman–Crippen MR) is 75.7 cm³/mol. The summed E-state index contributed by atoms with van der Waals surface area (Å²) in [6, 6.07) is 7.44. The van der Waals surface area contributed by atoms with Gasteiger partial charge in [-0.2, -0.15) is 0 Å². The number of carbonyl (C=O) groups is 2. The van der Waals surface area contributed by atoms with Crippen molar-refractivity contribution >= 4 is 11.9 Å². The highest BCUT2D eigenvalue weighted by atomic mass is 16.4. The van der Waals surface area contributed by atoms with Crippen LogP contribution in [0.4, 0.5) is 0 Å². The van der Waals surface area contributed by atoms with E-state index < -0.39 is 5.97 Å². The van der Waals surface area contributed by atoms with Crippen LogP contribution in [0.5, 0.6) is 0 Å². The quantitative estimate of drug-likeness (QED) is 0.682. The second-order valence-corrected chi connectivity index (χ2v) is 5.20. The van der Waals surface area contributed by atoms with Gasteiger partial charge in [0.2, 0.25) is 0 Å². The number of carbonyl (C=O) groups excluding carboxylic acids is 1. The van der Waals surface area contributed by atoms with E-state index in [1.165, 1.54) is 0 Å². The molecule has 1 aromatic carbocycles. The Morgan fingerprint density at radius 1 is 1.20 bits per heavy atom. The first-order valence-corrected chi connectivity index (χ1v) is 6.89. The highest BCUT2D eigenvalue weighted by Gasteiger charge is 2.35. The zero-order valence-corrected chi connectivity index (χ0v) is 11.6. The highest BCUT2D eigenvalue weighted by molar-refractivity contribution is 5.94. The number of benzene rings is 1. The van der Waals surface area contributed by atoms with Crippen molar-refractivity contribution < 1.29 is 14.7 Å². The van der Waals surface area contributed by atoms with Gasteiger partial charge in [-0.1, -0.05) is 17.7 Å². The van der Waals surface area contributed by atoms with Gasteiger partial charge in [0, 0.05) is 24.7 Å². The number of carboxylic acid groups (broad SMARTS) is 1. The number of aliphatic carboxylic acids is 1. The maximum atomic E-state index is 11.8. The first kappa shape index (κ1) is 14.5. The largest absolute Gasteiger partial charge is 0.481 e. The Kier molecular flexibility index (Phi) is 4.74. The zero-order chi connectivity index (χ0) is 14.5. The van der Waals surface area contributed by atoms with E-state index in [2.05, 4.69) is 10.6 Å². The third-order valence-corrected chi connectivity index (χ3v) is 3.72. The van der Waals surface area contributed by atoms with Crippen LogP contribution in [-0.4, -0.2) is 36.1 Å². The third kappa shape index (κ3) is 3.57. The van der Waals surface area contributed by atoms with Crippen LogP contribution in [-0.2, 0) is 4.79 Å². The standard InChI is InChI=1S/C15H20N2O3/c1-10-2-4-11(5-3-10)14(18)17-9-8-16-13-7-6-12(13)15(19)20/h2-5,12-13,16H,6-9H2,1H3,(H,17,18)(H,19,20). The molecule has 3 N–H and O–H groups in total. The molecule has 1 aliphatic carbocycles. The van der Waals surface area contributed by atoms with Crippen LogP contribution in [0.15, 0.2) is 24.3 Å². The van der Waals surface area contributed by atoms with Gasteiger partial charge >= 0.3 is 5.97 Å². The van der Waals surface area contributed by atoms with Crippen molar-refractivity contribution in [2.75, 3.05) is 13.1 Å². The van der Waals surface area contributed by atoms with Gasteiger partial charge in [-0.15, -0.1) is 0 Å². The average molecular weight is 276 g/mol. The van der Waals surface area contributed by atoms with Crippen molar-refractivity contribution in [3.8, 4) is 0 Å². The topological polar surface area (TPSA) is 78.4 Å². The molecule has 0 aliphatic heterocycles. The van der Waals surface area contributed by atoms with E-state index in [9.17, 15) is 9.59 Å². The van der Waals surface area contributed by atoms with E-state index in [1.807, 2.05) is 19.1 Å². The molecule has 0 bridgehead atoms. The summed E-state index contributed by atoms with van der Waals surface area (Å²) in [6.45, 7) is 3.06. The molecule has 5 nitrogen and oxygen atoms in total. The molecule has 1 fully saturated rings. The molecular formula is C15H20N2O3. The second-order valence-electron chi connectivity index (χ2n) is 5.20. The van der Waals surface area contributed by atoms with Gasteiger partial charge in [0.05, 0.1) is 5.92 Å². The summed E-state index contributed by atoms with van der Waals surface area (Å²) >= 11 is 0. The minimum Gasteiger partial charge on any atom is -0.481 e.